The van der Waals surface area contributed by atoms with Crippen LogP contribution in [-0.4, -0.2) is 38.9 Å². The Labute approximate surface area is 195 Å². The van der Waals surface area contributed by atoms with E-state index in [1.807, 2.05) is 29.6 Å². The van der Waals surface area contributed by atoms with Crippen molar-refractivity contribution in [2.45, 2.75) is 6.61 Å². The summed E-state index contributed by atoms with van der Waals surface area (Å²) in [6.45, 7) is -0.0446. The number of carbonyl (C=O) groups is 1. The highest BCUT2D eigenvalue weighted by atomic mass is 32.1. The van der Waals surface area contributed by atoms with E-state index in [0.29, 0.717) is 34.3 Å². The van der Waals surface area contributed by atoms with Gasteiger partial charge in [0.2, 0.25) is 0 Å². The molecule has 0 saturated heterocycles. The van der Waals surface area contributed by atoms with Crippen LogP contribution in [0.4, 0.5) is 0 Å². The van der Waals surface area contributed by atoms with E-state index in [9.17, 15) is 4.79 Å². The summed E-state index contributed by atoms with van der Waals surface area (Å²) in [5.74, 6) is 1.62. The van der Waals surface area contributed by atoms with Gasteiger partial charge in [-0.2, -0.15) is 5.26 Å². The van der Waals surface area contributed by atoms with E-state index in [2.05, 4.69) is 4.98 Å². The van der Waals surface area contributed by atoms with Crippen LogP contribution < -0.4 is 18.9 Å². The van der Waals surface area contributed by atoms with E-state index in [-0.39, 0.29) is 13.2 Å². The van der Waals surface area contributed by atoms with Gasteiger partial charge in [0.15, 0.2) is 29.6 Å². The van der Waals surface area contributed by atoms with Crippen molar-refractivity contribution in [1.82, 2.24) is 4.98 Å². The highest BCUT2D eigenvalue weighted by Gasteiger charge is 2.15. The molecule has 0 saturated carbocycles. The van der Waals surface area contributed by atoms with Gasteiger partial charge >= 0.3 is 5.97 Å². The van der Waals surface area contributed by atoms with Crippen molar-refractivity contribution >= 4 is 23.4 Å². The number of esters is 1. The number of nitrogens with zero attached hydrogens (tertiary/aromatic N) is 2. The minimum absolute atomic E-state index is 0.0379. The molecule has 0 aliphatic carbocycles. The van der Waals surface area contributed by atoms with E-state index < -0.39 is 5.97 Å². The third-order valence-electron chi connectivity index (χ3n) is 4.44. The van der Waals surface area contributed by atoms with Crippen LogP contribution in [0.2, 0.25) is 0 Å². The van der Waals surface area contributed by atoms with Gasteiger partial charge in [-0.05, 0) is 35.9 Å². The Hall–Kier alpha value is -4.03. The molecule has 170 valence electrons. The highest BCUT2D eigenvalue weighted by molar-refractivity contribution is 7.13. The molecule has 0 fully saturated rings. The zero-order chi connectivity index (χ0) is 23.6. The Kier molecular flexibility index (Phi) is 8.27. The second kappa shape index (κ2) is 11.5. The lowest BCUT2D eigenvalue weighted by Gasteiger charge is -2.10. The van der Waals surface area contributed by atoms with Gasteiger partial charge in [-0.15, -0.1) is 11.3 Å². The molecule has 3 aromatic rings. The first-order chi connectivity index (χ1) is 16.1. The molecule has 0 spiro atoms. The lowest BCUT2D eigenvalue weighted by molar-refractivity contribution is -0.139. The Morgan fingerprint density at radius 2 is 1.91 bits per heavy atom. The summed E-state index contributed by atoms with van der Waals surface area (Å²) < 4.78 is 26.6. The van der Waals surface area contributed by atoms with E-state index in [0.717, 1.165) is 10.6 Å². The summed E-state index contributed by atoms with van der Waals surface area (Å²) in [5.41, 5.74) is 2.15. The number of hydrogen-bond acceptors (Lipinski definition) is 9. The standard InChI is InChI=1S/C24H22N2O6S/c1-28-20-6-4-5-18(23(20)30-3)24-26-17(15-33-24)14-32-22(27)10-8-16-7-9-19(31-12-11-25)21(13-16)29-2/h4-10,13,15H,12,14H2,1-3H3/b10-8+. The zero-order valence-corrected chi connectivity index (χ0v) is 19.2. The fourth-order valence-electron chi connectivity index (χ4n) is 2.93. The second-order valence-electron chi connectivity index (χ2n) is 6.48. The molecule has 0 amide bonds. The fraction of sp³-hybridized carbons (Fsp3) is 0.208. The molecule has 2 aromatic carbocycles. The van der Waals surface area contributed by atoms with Gasteiger partial charge in [0.1, 0.15) is 17.7 Å². The normalized spacial score (nSPS) is 10.5. The van der Waals surface area contributed by atoms with Crippen LogP contribution in [0.15, 0.2) is 47.9 Å². The number of rotatable bonds is 10. The van der Waals surface area contributed by atoms with Gasteiger partial charge in [-0.3, -0.25) is 0 Å². The largest absolute Gasteiger partial charge is 0.493 e. The van der Waals surface area contributed by atoms with Crippen molar-refractivity contribution < 1.29 is 28.5 Å². The molecule has 0 unspecified atom stereocenters. The van der Waals surface area contributed by atoms with Crippen LogP contribution in [-0.2, 0) is 16.1 Å². The van der Waals surface area contributed by atoms with E-state index in [4.69, 9.17) is 28.9 Å². The molecule has 3 rings (SSSR count). The number of aromatic nitrogens is 1. The van der Waals surface area contributed by atoms with Crippen LogP contribution in [0.25, 0.3) is 16.6 Å². The Morgan fingerprint density at radius 1 is 1.09 bits per heavy atom. The number of benzene rings is 2. The number of carbonyl (C=O) groups excluding carboxylic acids is 1. The number of nitriles is 1. The number of hydrogen-bond donors (Lipinski definition) is 0. The molecule has 0 N–H and O–H groups in total. The fourth-order valence-corrected chi connectivity index (χ4v) is 3.75. The first kappa shape index (κ1) is 23.6. The van der Waals surface area contributed by atoms with E-state index >= 15 is 0 Å². The van der Waals surface area contributed by atoms with Crippen molar-refractivity contribution in [1.29, 1.82) is 5.26 Å². The summed E-state index contributed by atoms with van der Waals surface area (Å²) >= 11 is 1.42. The average Bonchev–Trinajstić information content (AvgIpc) is 3.33. The number of methoxy groups -OCH3 is 3. The second-order valence-corrected chi connectivity index (χ2v) is 7.34. The Bertz CT molecular complexity index is 1180. The maximum atomic E-state index is 12.2. The maximum absolute atomic E-state index is 12.2. The van der Waals surface area contributed by atoms with Crippen LogP contribution in [0, 0.1) is 11.3 Å². The number of para-hydroxylation sites is 1. The molecule has 0 atom stereocenters. The quantitative estimate of drug-likeness (QED) is 0.318. The Balaban J connectivity index is 1.62. The molecular weight excluding hydrogens is 444 g/mol. The zero-order valence-electron chi connectivity index (χ0n) is 18.4. The van der Waals surface area contributed by atoms with Crippen molar-refractivity contribution in [2.24, 2.45) is 0 Å². The van der Waals surface area contributed by atoms with Gasteiger partial charge in [0, 0.05) is 11.5 Å². The molecule has 1 heterocycles. The lowest BCUT2D eigenvalue weighted by atomic mass is 10.2. The third-order valence-corrected chi connectivity index (χ3v) is 5.36. The first-order valence-electron chi connectivity index (χ1n) is 9.78. The molecule has 0 aliphatic rings. The summed E-state index contributed by atoms with van der Waals surface area (Å²) in [6, 6.07) is 12.6. The predicted octanol–water partition coefficient (Wildman–Crippen LogP) is 4.49. The molecule has 0 radical (unpaired) electrons. The highest BCUT2D eigenvalue weighted by Crippen LogP contribution is 2.39. The molecule has 0 aliphatic heterocycles. The average molecular weight is 467 g/mol. The van der Waals surface area contributed by atoms with Gasteiger partial charge in [-0.1, -0.05) is 12.1 Å². The minimum atomic E-state index is -0.507. The van der Waals surface area contributed by atoms with Crippen molar-refractivity contribution in [3.05, 3.63) is 59.1 Å². The Morgan fingerprint density at radius 3 is 2.64 bits per heavy atom. The predicted molar refractivity (Wildman–Crippen MR) is 124 cm³/mol. The van der Waals surface area contributed by atoms with Gasteiger partial charge in [0.25, 0.3) is 0 Å². The molecule has 9 heteroatoms. The molecular formula is C24H22N2O6S. The SMILES string of the molecule is COc1cc(/C=C/C(=O)OCc2csc(-c3cccc(OC)c3OC)n2)ccc1OCC#N. The smallest absolute Gasteiger partial charge is 0.331 e. The number of thiazole rings is 1. The minimum Gasteiger partial charge on any atom is -0.493 e. The van der Waals surface area contributed by atoms with Crippen molar-refractivity contribution in [2.75, 3.05) is 27.9 Å². The van der Waals surface area contributed by atoms with Gasteiger partial charge in [0.05, 0.1) is 32.6 Å². The summed E-state index contributed by atoms with van der Waals surface area (Å²) in [5, 5.41) is 11.2. The van der Waals surface area contributed by atoms with Crippen LogP contribution in [0.1, 0.15) is 11.3 Å². The van der Waals surface area contributed by atoms with Crippen LogP contribution in [0.5, 0.6) is 23.0 Å². The molecule has 33 heavy (non-hydrogen) atoms. The topological polar surface area (TPSA) is 99.9 Å². The first-order valence-corrected chi connectivity index (χ1v) is 10.7. The molecule has 1 aromatic heterocycles. The molecule has 0 bridgehead atoms. The van der Waals surface area contributed by atoms with Crippen molar-refractivity contribution in [3.63, 3.8) is 0 Å². The monoisotopic (exact) mass is 466 g/mol. The number of ether oxygens (including phenoxy) is 5. The van der Waals surface area contributed by atoms with Crippen LogP contribution >= 0.6 is 11.3 Å². The summed E-state index contributed by atoms with van der Waals surface area (Å²) in [7, 11) is 4.65. The van der Waals surface area contributed by atoms with Crippen LogP contribution in [0.3, 0.4) is 0 Å². The van der Waals surface area contributed by atoms with Gasteiger partial charge in [-0.25, -0.2) is 9.78 Å². The van der Waals surface area contributed by atoms with E-state index in [1.165, 1.54) is 24.5 Å². The van der Waals surface area contributed by atoms with Crippen molar-refractivity contribution in [3.8, 4) is 39.6 Å². The van der Waals surface area contributed by atoms with Gasteiger partial charge < -0.3 is 23.7 Å². The summed E-state index contributed by atoms with van der Waals surface area (Å²) in [4.78, 5) is 16.7. The third kappa shape index (κ3) is 6.02. The molecule has 8 nitrogen and oxygen atoms in total. The van der Waals surface area contributed by atoms with E-state index in [1.54, 1.807) is 38.5 Å². The lowest BCUT2D eigenvalue weighted by Crippen LogP contribution is -2.01. The summed E-state index contributed by atoms with van der Waals surface area (Å²) in [6.07, 6.45) is 2.93. The maximum Gasteiger partial charge on any atom is 0.331 e.